The quantitative estimate of drug-likeness (QED) is 0.630. The van der Waals surface area contributed by atoms with Crippen LogP contribution in [0.1, 0.15) is 56.6 Å². The average molecular weight is 496 g/mol. The van der Waals surface area contributed by atoms with Crippen molar-refractivity contribution >= 4 is 33.2 Å². The molecular formula is C27H33N3O4S. The van der Waals surface area contributed by atoms with Crippen LogP contribution in [-0.4, -0.2) is 50.8 Å². The molecule has 2 aromatic carbocycles. The van der Waals surface area contributed by atoms with Gasteiger partial charge in [0.25, 0.3) is 10.0 Å². The molecule has 3 aliphatic heterocycles. The van der Waals surface area contributed by atoms with E-state index in [-0.39, 0.29) is 35.6 Å². The van der Waals surface area contributed by atoms with Crippen molar-refractivity contribution in [1.29, 1.82) is 0 Å². The van der Waals surface area contributed by atoms with Crippen molar-refractivity contribution < 1.29 is 18.0 Å². The summed E-state index contributed by atoms with van der Waals surface area (Å²) in [5.41, 5.74) is 3.40. The van der Waals surface area contributed by atoms with Crippen LogP contribution >= 0.6 is 0 Å². The van der Waals surface area contributed by atoms with Crippen LogP contribution in [0.5, 0.6) is 0 Å². The van der Waals surface area contributed by atoms with Crippen LogP contribution in [0.2, 0.25) is 0 Å². The lowest BCUT2D eigenvalue weighted by Gasteiger charge is -2.25. The first-order valence-corrected chi connectivity index (χ1v) is 14.1. The fraction of sp³-hybridized carbons (Fsp3) is 0.481. The van der Waals surface area contributed by atoms with Crippen molar-refractivity contribution in [2.75, 3.05) is 28.8 Å². The lowest BCUT2D eigenvalue weighted by atomic mass is 10.1. The maximum atomic E-state index is 13.6. The Hall–Kier alpha value is -2.87. The number of hydrogen-bond donors (Lipinski definition) is 0. The third kappa shape index (κ3) is 4.56. The zero-order chi connectivity index (χ0) is 24.6. The fourth-order valence-corrected chi connectivity index (χ4v) is 7.39. The van der Waals surface area contributed by atoms with Crippen molar-refractivity contribution in [1.82, 2.24) is 4.90 Å². The van der Waals surface area contributed by atoms with E-state index in [2.05, 4.69) is 0 Å². The zero-order valence-electron chi connectivity index (χ0n) is 20.3. The number of amides is 2. The number of nitrogens with zero attached hydrogens (tertiary/aromatic N) is 3. The molecule has 8 heteroatoms. The standard InChI is InChI=1S/C27H33N3O4S/c1-20-18-21-8-4-5-9-25(21)30(20)35(33,34)23-10-11-24-22(19-23)14-17-29(24)27(32)13-12-26(31)28-15-6-2-3-7-16-28/h4-5,8-11,19-20H,2-3,6-7,12-18H2,1H3. The van der Waals surface area contributed by atoms with Gasteiger partial charge in [-0.25, -0.2) is 8.42 Å². The SMILES string of the molecule is CC1Cc2ccccc2N1S(=O)(=O)c1ccc2c(c1)CCN2C(=O)CCC(=O)N1CCCCCC1. The molecule has 35 heavy (non-hydrogen) atoms. The van der Waals surface area contributed by atoms with Crippen LogP contribution in [0.3, 0.4) is 0 Å². The minimum atomic E-state index is -3.72. The molecular weight excluding hydrogens is 462 g/mol. The van der Waals surface area contributed by atoms with Gasteiger partial charge in [0.05, 0.1) is 10.6 Å². The van der Waals surface area contributed by atoms with Crippen LogP contribution in [0.4, 0.5) is 11.4 Å². The number of carbonyl (C=O) groups excluding carboxylic acids is 2. The summed E-state index contributed by atoms with van der Waals surface area (Å²) in [7, 11) is -3.72. The van der Waals surface area contributed by atoms with Crippen LogP contribution in [-0.2, 0) is 32.5 Å². The lowest BCUT2D eigenvalue weighted by Crippen LogP contribution is -2.35. The first kappa shape index (κ1) is 23.9. The first-order chi connectivity index (χ1) is 16.9. The summed E-state index contributed by atoms with van der Waals surface area (Å²) >= 11 is 0. The van der Waals surface area contributed by atoms with Gasteiger partial charge in [-0.2, -0.15) is 0 Å². The van der Waals surface area contributed by atoms with Gasteiger partial charge >= 0.3 is 0 Å². The third-order valence-corrected chi connectivity index (χ3v) is 9.38. The Kier molecular flexibility index (Phi) is 6.57. The molecule has 1 atom stereocenters. The molecule has 7 nitrogen and oxygen atoms in total. The van der Waals surface area contributed by atoms with Crippen LogP contribution in [0, 0.1) is 0 Å². The number of anilines is 2. The number of likely N-dealkylation sites (tertiary alicyclic amines) is 1. The van der Waals surface area contributed by atoms with Gasteiger partial charge < -0.3 is 9.80 Å². The van der Waals surface area contributed by atoms with Crippen molar-refractivity contribution in [3.8, 4) is 0 Å². The summed E-state index contributed by atoms with van der Waals surface area (Å²) in [6, 6.07) is 12.6. The molecule has 1 saturated heterocycles. The van der Waals surface area contributed by atoms with E-state index in [1.165, 1.54) is 4.31 Å². The highest BCUT2D eigenvalue weighted by Gasteiger charge is 2.37. The molecule has 1 unspecified atom stereocenters. The zero-order valence-corrected chi connectivity index (χ0v) is 21.1. The van der Waals surface area contributed by atoms with Gasteiger partial charge in [-0.1, -0.05) is 31.0 Å². The van der Waals surface area contributed by atoms with Gasteiger partial charge in [0.2, 0.25) is 11.8 Å². The summed E-state index contributed by atoms with van der Waals surface area (Å²) in [6.07, 6.45) is 6.09. The van der Waals surface area contributed by atoms with Crippen molar-refractivity contribution in [3.63, 3.8) is 0 Å². The summed E-state index contributed by atoms with van der Waals surface area (Å²) in [6.45, 7) is 4.02. The Morgan fingerprint density at radius 2 is 1.57 bits per heavy atom. The van der Waals surface area contributed by atoms with E-state index in [4.69, 9.17) is 0 Å². The molecule has 2 amide bonds. The topological polar surface area (TPSA) is 78.0 Å². The maximum absolute atomic E-state index is 13.6. The van der Waals surface area contributed by atoms with Gasteiger partial charge in [-0.05, 0) is 68.0 Å². The van der Waals surface area contributed by atoms with E-state index in [1.54, 1.807) is 23.1 Å². The summed E-state index contributed by atoms with van der Waals surface area (Å²) < 4.78 is 28.7. The van der Waals surface area contributed by atoms with Crippen LogP contribution in [0.15, 0.2) is 47.4 Å². The average Bonchev–Trinajstić information content (AvgIpc) is 3.31. The monoisotopic (exact) mass is 495 g/mol. The van der Waals surface area contributed by atoms with Gasteiger partial charge in [-0.3, -0.25) is 13.9 Å². The van der Waals surface area contributed by atoms with Gasteiger partial charge in [0, 0.05) is 44.2 Å². The molecule has 5 rings (SSSR count). The van der Waals surface area contributed by atoms with E-state index < -0.39 is 10.0 Å². The first-order valence-electron chi connectivity index (χ1n) is 12.7. The number of rotatable bonds is 5. The second kappa shape index (κ2) is 9.64. The van der Waals surface area contributed by atoms with Gasteiger partial charge in [0.1, 0.15) is 0 Å². The number of benzene rings is 2. The predicted octanol–water partition coefficient (Wildman–Crippen LogP) is 3.90. The molecule has 3 heterocycles. The highest BCUT2D eigenvalue weighted by molar-refractivity contribution is 7.92. The second-order valence-electron chi connectivity index (χ2n) is 9.86. The van der Waals surface area contributed by atoms with Crippen LogP contribution < -0.4 is 9.21 Å². The number of fused-ring (bicyclic) bond motifs is 2. The molecule has 0 N–H and O–H groups in total. The smallest absolute Gasteiger partial charge is 0.264 e. The highest BCUT2D eigenvalue weighted by Crippen LogP contribution is 2.38. The Labute approximate surface area is 207 Å². The molecule has 186 valence electrons. The molecule has 3 aliphatic rings. The van der Waals surface area contributed by atoms with Crippen molar-refractivity contribution in [3.05, 3.63) is 53.6 Å². The largest absolute Gasteiger partial charge is 0.343 e. The molecule has 0 radical (unpaired) electrons. The van der Waals surface area contributed by atoms with Gasteiger partial charge in [0.15, 0.2) is 0 Å². The molecule has 0 aliphatic carbocycles. The van der Waals surface area contributed by atoms with Gasteiger partial charge in [-0.15, -0.1) is 0 Å². The second-order valence-corrected chi connectivity index (χ2v) is 11.7. The normalized spacial score (nSPS) is 19.9. The number of hydrogen-bond acceptors (Lipinski definition) is 4. The molecule has 2 aromatic rings. The molecule has 0 spiro atoms. The molecule has 1 fully saturated rings. The number of carbonyl (C=O) groups is 2. The van der Waals surface area contributed by atoms with Crippen molar-refractivity contribution in [2.24, 2.45) is 0 Å². The summed E-state index contributed by atoms with van der Waals surface area (Å²) in [5, 5.41) is 0. The minimum absolute atomic E-state index is 0.0566. The Bertz CT molecular complexity index is 1230. The summed E-state index contributed by atoms with van der Waals surface area (Å²) in [4.78, 5) is 29.4. The van der Waals surface area contributed by atoms with E-state index >= 15 is 0 Å². The maximum Gasteiger partial charge on any atom is 0.264 e. The van der Waals surface area contributed by atoms with E-state index in [0.717, 1.165) is 61.3 Å². The Morgan fingerprint density at radius 3 is 2.34 bits per heavy atom. The summed E-state index contributed by atoms with van der Waals surface area (Å²) in [5.74, 6) is -0.0225. The number of para-hydroxylation sites is 1. The van der Waals surface area contributed by atoms with E-state index in [9.17, 15) is 18.0 Å². The Morgan fingerprint density at radius 1 is 0.857 bits per heavy atom. The highest BCUT2D eigenvalue weighted by atomic mass is 32.2. The van der Waals surface area contributed by atoms with E-state index in [0.29, 0.717) is 19.4 Å². The van der Waals surface area contributed by atoms with E-state index in [1.807, 2.05) is 36.1 Å². The molecule has 0 saturated carbocycles. The molecule has 0 aromatic heterocycles. The minimum Gasteiger partial charge on any atom is -0.343 e. The predicted molar refractivity (Wildman–Crippen MR) is 136 cm³/mol. The number of sulfonamides is 1. The fourth-order valence-electron chi connectivity index (χ4n) is 5.64. The lowest BCUT2D eigenvalue weighted by molar-refractivity contribution is -0.133. The molecule has 0 bridgehead atoms. The third-order valence-electron chi connectivity index (χ3n) is 7.46. The van der Waals surface area contributed by atoms with Crippen LogP contribution in [0.25, 0.3) is 0 Å². The Balaban J connectivity index is 1.29. The van der Waals surface area contributed by atoms with Crippen molar-refractivity contribution in [2.45, 2.75) is 69.2 Å².